The molecule has 1 aromatic rings. The maximum Gasteiger partial charge on any atom is 0.410 e. The number of halogens is 1. The lowest BCUT2D eigenvalue weighted by Gasteiger charge is -2.28. The molecule has 44 heavy (non-hydrogen) atoms. The third-order valence-electron chi connectivity index (χ3n) is 9.34. The van der Waals surface area contributed by atoms with Gasteiger partial charge >= 0.3 is 6.09 Å². The molecule has 4 N–H and O–H groups in total. The van der Waals surface area contributed by atoms with E-state index in [0.29, 0.717) is 30.8 Å². The highest BCUT2D eigenvalue weighted by molar-refractivity contribution is 7.91. The summed E-state index contributed by atoms with van der Waals surface area (Å²) in [5.41, 5.74) is 6.61. The third-order valence-corrected chi connectivity index (χ3v) is 11.5. The van der Waals surface area contributed by atoms with Crippen LogP contribution in [0.2, 0.25) is 5.02 Å². The lowest BCUT2D eigenvalue weighted by Crippen LogP contribution is -2.57. The number of carbonyl (C=O) groups is 4. The van der Waals surface area contributed by atoms with Crippen LogP contribution in [0.5, 0.6) is 0 Å². The number of benzene rings is 1. The Morgan fingerprint density at radius 3 is 2.66 bits per heavy atom. The average molecular weight is 648 g/mol. The summed E-state index contributed by atoms with van der Waals surface area (Å²) in [5.74, 6) is -2.22. The molecule has 3 aliphatic heterocycles. The van der Waals surface area contributed by atoms with Crippen LogP contribution < -0.4 is 15.8 Å². The molecule has 0 aromatic heterocycles. The lowest BCUT2D eigenvalue weighted by molar-refractivity contribution is -0.140. The molecular weight excluding hydrogens is 610 g/mol. The SMILES string of the molecule is N[C@H]1CCCCC/C=C\[C@H]2C[C@@]2(C(=O)NS(=O)(=O)C2CC2)NC(=O)[C@@H]2C[C@@H](OC(=O)N3Cc4cccc(Cl)c4C3)CN2C1=O. The maximum absolute atomic E-state index is 13.9. The minimum Gasteiger partial charge on any atom is -0.444 e. The summed E-state index contributed by atoms with van der Waals surface area (Å²) in [6.45, 7) is 0.583. The average Bonchev–Trinajstić information content (AvgIpc) is 3.86. The van der Waals surface area contributed by atoms with Crippen molar-refractivity contribution in [2.24, 2.45) is 11.7 Å². The van der Waals surface area contributed by atoms with E-state index in [2.05, 4.69) is 10.0 Å². The Hall–Kier alpha value is -3.16. The largest absolute Gasteiger partial charge is 0.444 e. The van der Waals surface area contributed by atoms with Crippen LogP contribution in [0.1, 0.15) is 68.9 Å². The number of ether oxygens (including phenoxy) is 1. The first-order valence-electron chi connectivity index (χ1n) is 15.3. The summed E-state index contributed by atoms with van der Waals surface area (Å²) >= 11 is 6.31. The molecule has 3 fully saturated rings. The van der Waals surface area contributed by atoms with Crippen LogP contribution in [-0.4, -0.2) is 77.6 Å². The van der Waals surface area contributed by atoms with Gasteiger partial charge in [0.2, 0.25) is 21.8 Å². The van der Waals surface area contributed by atoms with Crippen molar-refractivity contribution in [2.75, 3.05) is 6.54 Å². The fraction of sp³-hybridized carbons (Fsp3) is 0.600. The van der Waals surface area contributed by atoms with E-state index in [1.807, 2.05) is 24.3 Å². The van der Waals surface area contributed by atoms with E-state index in [4.69, 9.17) is 22.1 Å². The maximum atomic E-state index is 13.9. The van der Waals surface area contributed by atoms with Gasteiger partial charge in [0.25, 0.3) is 5.91 Å². The number of amides is 4. The molecule has 14 heteroatoms. The second-order valence-corrected chi connectivity index (χ2v) is 15.0. The number of rotatable bonds is 4. The van der Waals surface area contributed by atoms with E-state index < -0.39 is 68.7 Å². The minimum atomic E-state index is -3.84. The summed E-state index contributed by atoms with van der Waals surface area (Å²) < 4.78 is 33.2. The van der Waals surface area contributed by atoms with Gasteiger partial charge in [-0.2, -0.15) is 0 Å². The molecular formula is C30H38ClN5O7S. The molecule has 1 aromatic carbocycles. The quantitative estimate of drug-likeness (QED) is 0.418. The predicted molar refractivity (Wildman–Crippen MR) is 160 cm³/mol. The van der Waals surface area contributed by atoms with Gasteiger partial charge in [0, 0.05) is 23.9 Å². The summed E-state index contributed by atoms with van der Waals surface area (Å²) in [4.78, 5) is 56.8. The first-order valence-corrected chi connectivity index (χ1v) is 17.2. The summed E-state index contributed by atoms with van der Waals surface area (Å²) in [6.07, 6.45) is 7.29. The smallest absolute Gasteiger partial charge is 0.410 e. The van der Waals surface area contributed by atoms with E-state index in [9.17, 15) is 27.6 Å². The van der Waals surface area contributed by atoms with Crippen LogP contribution in [0.25, 0.3) is 0 Å². The number of allylic oxidation sites excluding steroid dienone is 1. The summed E-state index contributed by atoms with van der Waals surface area (Å²) in [7, 11) is -3.84. The van der Waals surface area contributed by atoms with Crippen molar-refractivity contribution in [1.82, 2.24) is 19.8 Å². The van der Waals surface area contributed by atoms with E-state index in [0.717, 1.165) is 36.8 Å². The Morgan fingerprint density at radius 1 is 1.11 bits per heavy atom. The molecule has 2 saturated carbocycles. The number of nitrogens with two attached hydrogens (primary N) is 1. The van der Waals surface area contributed by atoms with Crippen molar-refractivity contribution in [3.05, 3.63) is 46.5 Å². The van der Waals surface area contributed by atoms with E-state index in [-0.39, 0.29) is 25.9 Å². The Bertz CT molecular complexity index is 1500. The Morgan fingerprint density at radius 2 is 1.91 bits per heavy atom. The molecule has 0 bridgehead atoms. The second kappa shape index (κ2) is 12.0. The number of hydrogen-bond donors (Lipinski definition) is 3. The molecule has 2 aliphatic carbocycles. The fourth-order valence-electron chi connectivity index (χ4n) is 6.47. The first kappa shape index (κ1) is 30.8. The van der Waals surface area contributed by atoms with Crippen molar-refractivity contribution in [2.45, 2.75) is 99.9 Å². The summed E-state index contributed by atoms with van der Waals surface area (Å²) in [5, 5.41) is 2.77. The zero-order chi connectivity index (χ0) is 31.2. The van der Waals surface area contributed by atoms with Gasteiger partial charge in [0.1, 0.15) is 17.7 Å². The number of sulfonamides is 1. The molecule has 6 rings (SSSR count). The standard InChI is InChI=1S/C30H38ClN5O7S/c31-23-9-6-7-18-15-35(17-22(18)23)29(40)43-20-13-25-26(37)33-30(28(39)34-44(41,42)21-11-12-21)14-19(30)8-4-2-1-3-5-10-24(32)27(38)36(25)16-20/h4,6-9,19-21,24-25H,1-3,5,10-17,32H2,(H,33,37)(H,34,39)/b8-4-/t19-,20+,24-,25-,30+/m0/s1. The second-order valence-electron chi connectivity index (χ2n) is 12.6. The topological polar surface area (TPSA) is 168 Å². The van der Waals surface area contributed by atoms with Crippen LogP contribution in [0.3, 0.4) is 0 Å². The monoisotopic (exact) mass is 647 g/mol. The number of carbonyl (C=O) groups excluding carboxylic acids is 4. The highest BCUT2D eigenvalue weighted by atomic mass is 35.5. The zero-order valence-electron chi connectivity index (χ0n) is 24.4. The molecule has 3 heterocycles. The molecule has 4 amide bonds. The predicted octanol–water partition coefficient (Wildman–Crippen LogP) is 2.09. The van der Waals surface area contributed by atoms with Crippen molar-refractivity contribution in [3.8, 4) is 0 Å². The molecule has 5 aliphatic rings. The highest BCUT2D eigenvalue weighted by Crippen LogP contribution is 2.46. The molecule has 1 saturated heterocycles. The van der Waals surface area contributed by atoms with E-state index in [1.165, 1.54) is 9.80 Å². The molecule has 5 atom stereocenters. The van der Waals surface area contributed by atoms with Crippen LogP contribution >= 0.6 is 11.6 Å². The van der Waals surface area contributed by atoms with E-state index >= 15 is 0 Å². The van der Waals surface area contributed by atoms with Gasteiger partial charge in [0.15, 0.2) is 0 Å². The van der Waals surface area contributed by atoms with Crippen molar-refractivity contribution in [1.29, 1.82) is 0 Å². The fourth-order valence-corrected chi connectivity index (χ4v) is 8.09. The minimum absolute atomic E-state index is 0.0101. The van der Waals surface area contributed by atoms with Crippen LogP contribution in [0.15, 0.2) is 30.4 Å². The molecule has 0 spiro atoms. The first-order chi connectivity index (χ1) is 21.0. The molecule has 0 radical (unpaired) electrons. The van der Waals surface area contributed by atoms with Gasteiger partial charge in [-0.15, -0.1) is 0 Å². The van der Waals surface area contributed by atoms with Gasteiger partial charge in [-0.05, 0) is 55.7 Å². The zero-order valence-corrected chi connectivity index (χ0v) is 25.9. The van der Waals surface area contributed by atoms with Gasteiger partial charge in [-0.1, -0.05) is 48.7 Å². The third kappa shape index (κ3) is 6.18. The molecule has 0 unspecified atom stereocenters. The lowest BCUT2D eigenvalue weighted by atomic mass is 10.1. The normalized spacial score (nSPS) is 31.5. The van der Waals surface area contributed by atoms with Gasteiger partial charge in [-0.3, -0.25) is 24.0 Å². The molecule has 238 valence electrons. The van der Waals surface area contributed by atoms with Crippen LogP contribution in [0.4, 0.5) is 4.79 Å². The molecule has 12 nitrogen and oxygen atoms in total. The Labute approximate surface area is 261 Å². The van der Waals surface area contributed by atoms with Gasteiger partial charge in [0.05, 0.1) is 24.4 Å². The van der Waals surface area contributed by atoms with Gasteiger partial charge < -0.3 is 20.7 Å². The van der Waals surface area contributed by atoms with Gasteiger partial charge in [-0.25, -0.2) is 13.2 Å². The Balaban J connectivity index is 1.20. The van der Waals surface area contributed by atoms with Crippen molar-refractivity contribution >= 4 is 45.4 Å². The van der Waals surface area contributed by atoms with Crippen molar-refractivity contribution in [3.63, 3.8) is 0 Å². The van der Waals surface area contributed by atoms with Crippen LogP contribution in [-0.2, 0) is 42.2 Å². The summed E-state index contributed by atoms with van der Waals surface area (Å²) in [6, 6.07) is 3.58. The number of fused-ring (bicyclic) bond motifs is 3. The Kier molecular flexibility index (Phi) is 8.40. The highest BCUT2D eigenvalue weighted by Gasteiger charge is 2.62. The van der Waals surface area contributed by atoms with E-state index in [1.54, 1.807) is 6.07 Å². The van der Waals surface area contributed by atoms with Crippen LogP contribution in [0, 0.1) is 5.92 Å². The number of nitrogens with one attached hydrogen (secondary N) is 2. The number of nitrogens with zero attached hydrogens (tertiary/aromatic N) is 2. The number of hydrogen-bond acceptors (Lipinski definition) is 8. The van der Waals surface area contributed by atoms with Crippen molar-refractivity contribution < 1.29 is 32.3 Å².